The average molecular weight is 318 g/mol. The van der Waals surface area contributed by atoms with E-state index in [1.165, 1.54) is 25.3 Å². The lowest BCUT2D eigenvalue weighted by molar-refractivity contribution is 0.0417. The smallest absolute Gasteiger partial charge is 0.150 e. The van der Waals surface area contributed by atoms with Crippen LogP contribution in [0.15, 0.2) is 36.4 Å². The number of carbonyl (C=O) groups is 1. The average Bonchev–Trinajstić information content (AvgIpc) is 2.55. The minimum atomic E-state index is -0.869. The molecule has 1 N–H and O–H groups in total. The van der Waals surface area contributed by atoms with Crippen molar-refractivity contribution in [3.8, 4) is 22.6 Å². The quantitative estimate of drug-likeness (QED) is 0.829. The van der Waals surface area contributed by atoms with Crippen LogP contribution in [0.3, 0.4) is 0 Å². The first-order valence-electron chi connectivity index (χ1n) is 7.13. The van der Waals surface area contributed by atoms with E-state index in [4.69, 9.17) is 9.47 Å². The number of aldehydes is 1. The maximum atomic E-state index is 14.2. The molecule has 0 atom stereocenters. The fourth-order valence-corrected chi connectivity index (χ4v) is 2.09. The predicted molar refractivity (Wildman–Crippen MR) is 85.6 cm³/mol. The van der Waals surface area contributed by atoms with E-state index in [1.807, 2.05) is 0 Å². The number of ether oxygens (including phenoxy) is 2. The molecule has 2 aromatic carbocycles. The van der Waals surface area contributed by atoms with E-state index in [9.17, 15) is 14.3 Å². The molecule has 4 nitrogen and oxygen atoms in total. The Morgan fingerprint density at radius 1 is 1.17 bits per heavy atom. The van der Waals surface area contributed by atoms with Gasteiger partial charge in [-0.25, -0.2) is 4.39 Å². The molecule has 0 amide bonds. The Hall–Kier alpha value is -2.40. The van der Waals surface area contributed by atoms with Crippen LogP contribution in [-0.4, -0.2) is 30.7 Å². The van der Waals surface area contributed by atoms with Crippen LogP contribution in [-0.2, 0) is 0 Å². The van der Waals surface area contributed by atoms with Gasteiger partial charge in [-0.2, -0.15) is 0 Å². The largest absolute Gasteiger partial charge is 0.497 e. The maximum Gasteiger partial charge on any atom is 0.150 e. The van der Waals surface area contributed by atoms with E-state index in [-0.39, 0.29) is 6.61 Å². The van der Waals surface area contributed by atoms with E-state index < -0.39 is 11.4 Å². The van der Waals surface area contributed by atoms with Gasteiger partial charge in [-0.1, -0.05) is 6.07 Å². The number of methoxy groups -OCH3 is 1. The zero-order chi connectivity index (χ0) is 17.0. The van der Waals surface area contributed by atoms with Crippen molar-refractivity contribution in [2.24, 2.45) is 0 Å². The summed E-state index contributed by atoms with van der Waals surface area (Å²) in [4.78, 5) is 11.0. The van der Waals surface area contributed by atoms with Crippen LogP contribution in [0, 0.1) is 5.82 Å². The fraction of sp³-hybridized carbons (Fsp3) is 0.278. The summed E-state index contributed by atoms with van der Waals surface area (Å²) in [5.41, 5.74) is 0.311. The van der Waals surface area contributed by atoms with Crippen molar-refractivity contribution in [2.75, 3.05) is 13.7 Å². The molecule has 122 valence electrons. The number of benzene rings is 2. The van der Waals surface area contributed by atoms with Gasteiger partial charge in [0.1, 0.15) is 29.2 Å². The SMILES string of the molecule is COc1ccc(F)c(-c2ccc(C=O)cc2OC(C)(C)CO)c1. The molecule has 0 aliphatic rings. The van der Waals surface area contributed by atoms with Gasteiger partial charge < -0.3 is 14.6 Å². The first-order valence-corrected chi connectivity index (χ1v) is 7.13. The Morgan fingerprint density at radius 3 is 2.52 bits per heavy atom. The highest BCUT2D eigenvalue weighted by Crippen LogP contribution is 2.36. The second-order valence-corrected chi connectivity index (χ2v) is 5.74. The molecule has 0 saturated carbocycles. The van der Waals surface area contributed by atoms with E-state index in [2.05, 4.69) is 0 Å². The minimum Gasteiger partial charge on any atom is -0.497 e. The number of halogens is 1. The van der Waals surface area contributed by atoms with Gasteiger partial charge in [0, 0.05) is 16.7 Å². The molecule has 0 spiro atoms. The van der Waals surface area contributed by atoms with E-state index in [1.54, 1.807) is 32.0 Å². The lowest BCUT2D eigenvalue weighted by Crippen LogP contribution is -2.32. The van der Waals surface area contributed by atoms with E-state index in [0.29, 0.717) is 34.5 Å². The van der Waals surface area contributed by atoms with Gasteiger partial charge in [0.05, 0.1) is 13.7 Å². The summed E-state index contributed by atoms with van der Waals surface area (Å²) in [5.74, 6) is 0.394. The molecule has 5 heteroatoms. The Morgan fingerprint density at radius 2 is 1.91 bits per heavy atom. The normalized spacial score (nSPS) is 11.2. The molecule has 0 aromatic heterocycles. The van der Waals surface area contributed by atoms with Gasteiger partial charge >= 0.3 is 0 Å². The number of carbonyl (C=O) groups excluding carboxylic acids is 1. The van der Waals surface area contributed by atoms with Gasteiger partial charge in [-0.05, 0) is 44.2 Å². The molecular formula is C18H19FO4. The first kappa shape index (κ1) is 17.0. The van der Waals surface area contributed by atoms with E-state index >= 15 is 0 Å². The molecular weight excluding hydrogens is 299 g/mol. The summed E-state index contributed by atoms with van der Waals surface area (Å²) >= 11 is 0. The number of hydrogen-bond donors (Lipinski definition) is 1. The lowest BCUT2D eigenvalue weighted by Gasteiger charge is -2.26. The van der Waals surface area contributed by atoms with Crippen molar-refractivity contribution in [1.29, 1.82) is 0 Å². The predicted octanol–water partition coefficient (Wildman–Crippen LogP) is 3.46. The fourth-order valence-electron chi connectivity index (χ4n) is 2.09. The van der Waals surface area contributed by atoms with Crippen molar-refractivity contribution in [2.45, 2.75) is 19.4 Å². The highest BCUT2D eigenvalue weighted by molar-refractivity contribution is 5.81. The second kappa shape index (κ2) is 6.79. The number of hydrogen-bond acceptors (Lipinski definition) is 4. The summed E-state index contributed by atoms with van der Waals surface area (Å²) in [7, 11) is 1.50. The summed E-state index contributed by atoms with van der Waals surface area (Å²) in [6.45, 7) is 3.18. The second-order valence-electron chi connectivity index (χ2n) is 5.74. The summed E-state index contributed by atoms with van der Waals surface area (Å²) in [6, 6.07) is 9.12. The van der Waals surface area contributed by atoms with Crippen LogP contribution >= 0.6 is 0 Å². The summed E-state index contributed by atoms with van der Waals surface area (Å²) in [5, 5.41) is 9.39. The zero-order valence-corrected chi connectivity index (χ0v) is 13.3. The molecule has 2 aromatic rings. The van der Waals surface area contributed by atoms with Crippen molar-refractivity contribution >= 4 is 6.29 Å². The lowest BCUT2D eigenvalue weighted by atomic mass is 10.0. The molecule has 23 heavy (non-hydrogen) atoms. The van der Waals surface area contributed by atoms with Crippen molar-refractivity contribution in [3.05, 3.63) is 47.8 Å². The highest BCUT2D eigenvalue weighted by Gasteiger charge is 2.22. The highest BCUT2D eigenvalue weighted by atomic mass is 19.1. The molecule has 0 fully saturated rings. The van der Waals surface area contributed by atoms with E-state index in [0.717, 1.165) is 0 Å². The van der Waals surface area contributed by atoms with Crippen LogP contribution in [0.4, 0.5) is 4.39 Å². The summed E-state index contributed by atoms with van der Waals surface area (Å²) in [6.07, 6.45) is 0.685. The maximum absolute atomic E-state index is 14.2. The Kier molecular flexibility index (Phi) is 5.01. The van der Waals surface area contributed by atoms with Crippen molar-refractivity contribution < 1.29 is 23.8 Å². The van der Waals surface area contributed by atoms with Crippen LogP contribution in [0.1, 0.15) is 24.2 Å². The van der Waals surface area contributed by atoms with Crippen LogP contribution < -0.4 is 9.47 Å². The van der Waals surface area contributed by atoms with Crippen molar-refractivity contribution in [1.82, 2.24) is 0 Å². The van der Waals surface area contributed by atoms with Crippen LogP contribution in [0.2, 0.25) is 0 Å². The van der Waals surface area contributed by atoms with Crippen LogP contribution in [0.5, 0.6) is 11.5 Å². The molecule has 0 aliphatic heterocycles. The topological polar surface area (TPSA) is 55.8 Å². The zero-order valence-electron chi connectivity index (χ0n) is 13.3. The molecule has 2 rings (SSSR count). The third-order valence-corrected chi connectivity index (χ3v) is 3.37. The molecule has 0 aliphatic carbocycles. The minimum absolute atomic E-state index is 0.224. The van der Waals surface area contributed by atoms with Crippen molar-refractivity contribution in [3.63, 3.8) is 0 Å². The standard InChI is InChI=1S/C18H19FO4/c1-18(2,11-21)23-17-8-12(10-20)4-6-14(17)15-9-13(22-3)5-7-16(15)19/h4-10,21H,11H2,1-3H3. The number of rotatable bonds is 6. The van der Waals surface area contributed by atoms with Gasteiger partial charge in [-0.15, -0.1) is 0 Å². The molecule has 0 radical (unpaired) electrons. The number of aliphatic hydroxyl groups is 1. The Balaban J connectivity index is 2.59. The third kappa shape index (κ3) is 3.87. The monoisotopic (exact) mass is 318 g/mol. The van der Waals surface area contributed by atoms with Crippen LogP contribution in [0.25, 0.3) is 11.1 Å². The van der Waals surface area contributed by atoms with Gasteiger partial charge in [0.25, 0.3) is 0 Å². The molecule has 0 bridgehead atoms. The number of aliphatic hydroxyl groups excluding tert-OH is 1. The third-order valence-electron chi connectivity index (χ3n) is 3.37. The molecule has 0 unspecified atom stereocenters. The van der Waals surface area contributed by atoms with Gasteiger partial charge in [-0.3, -0.25) is 4.79 Å². The molecule has 0 saturated heterocycles. The summed E-state index contributed by atoms with van der Waals surface area (Å²) < 4.78 is 25.2. The van der Waals surface area contributed by atoms with Gasteiger partial charge in [0.2, 0.25) is 0 Å². The Bertz CT molecular complexity index is 710. The Labute approximate surface area is 134 Å². The molecule has 0 heterocycles. The first-order chi connectivity index (χ1) is 10.9. The van der Waals surface area contributed by atoms with Gasteiger partial charge in [0.15, 0.2) is 0 Å².